The Hall–Kier alpha value is -0.990. The van der Waals surface area contributed by atoms with Crippen LogP contribution in [0, 0.1) is 36.0 Å². The van der Waals surface area contributed by atoms with Crippen molar-refractivity contribution in [1.82, 2.24) is 5.32 Å². The molecule has 0 spiro atoms. The molecule has 0 bridgehead atoms. The number of thiophene rings is 1. The first kappa shape index (κ1) is 16.4. The van der Waals surface area contributed by atoms with Crippen molar-refractivity contribution in [3.8, 4) is 0 Å². The first-order valence-corrected chi connectivity index (χ1v) is 7.35. The number of hydrogen-bond acceptors (Lipinski definition) is 2. The van der Waals surface area contributed by atoms with Gasteiger partial charge in [0.25, 0.3) is 0 Å². The predicted molar refractivity (Wildman–Crippen MR) is 73.9 cm³/mol. The highest BCUT2D eigenvalue weighted by Gasteiger charge is 2.31. The molecule has 8 heteroatoms. The van der Waals surface area contributed by atoms with Crippen molar-refractivity contribution in [3.63, 3.8) is 0 Å². The molecule has 2 aromatic rings. The number of hydrogen-bond donors (Lipinski definition) is 1. The SMILES string of the molecule is CNC(c1cc(Br)c(C)s1)c1c(F)c(F)c(F)c(F)c1F. The summed E-state index contributed by atoms with van der Waals surface area (Å²) in [4.78, 5) is 1.26. The van der Waals surface area contributed by atoms with Crippen molar-refractivity contribution >= 4 is 27.3 Å². The topological polar surface area (TPSA) is 12.0 Å². The van der Waals surface area contributed by atoms with E-state index in [-0.39, 0.29) is 0 Å². The molecular formula is C13H9BrF5NS. The van der Waals surface area contributed by atoms with Gasteiger partial charge in [-0.3, -0.25) is 0 Å². The largest absolute Gasteiger partial charge is 0.308 e. The Morgan fingerprint density at radius 1 is 1.00 bits per heavy atom. The summed E-state index contributed by atoms with van der Waals surface area (Å²) in [5, 5.41) is 2.58. The fourth-order valence-electron chi connectivity index (χ4n) is 1.93. The van der Waals surface area contributed by atoms with Crippen LogP contribution < -0.4 is 5.32 Å². The van der Waals surface area contributed by atoms with E-state index in [2.05, 4.69) is 21.2 Å². The minimum Gasteiger partial charge on any atom is -0.308 e. The average molecular weight is 386 g/mol. The maximum atomic E-state index is 13.9. The molecule has 0 aliphatic heterocycles. The van der Waals surface area contributed by atoms with Crippen LogP contribution in [0.2, 0.25) is 0 Å². The summed E-state index contributed by atoms with van der Waals surface area (Å²) >= 11 is 4.44. The first-order valence-electron chi connectivity index (χ1n) is 5.74. The highest BCUT2D eigenvalue weighted by molar-refractivity contribution is 9.10. The maximum absolute atomic E-state index is 13.9. The number of rotatable bonds is 3. The summed E-state index contributed by atoms with van der Waals surface area (Å²) < 4.78 is 68.1. The highest BCUT2D eigenvalue weighted by atomic mass is 79.9. The van der Waals surface area contributed by atoms with Crippen molar-refractivity contribution in [2.75, 3.05) is 7.05 Å². The molecule has 1 aromatic carbocycles. The number of nitrogens with one attached hydrogen (secondary N) is 1. The molecule has 0 fully saturated rings. The van der Waals surface area contributed by atoms with Gasteiger partial charge in [0.2, 0.25) is 5.82 Å². The van der Waals surface area contributed by atoms with Gasteiger partial charge in [0.05, 0.1) is 11.6 Å². The van der Waals surface area contributed by atoms with Crippen molar-refractivity contribution in [2.24, 2.45) is 0 Å². The molecule has 1 heterocycles. The molecule has 1 unspecified atom stereocenters. The van der Waals surface area contributed by atoms with Gasteiger partial charge in [-0.05, 0) is 36.0 Å². The summed E-state index contributed by atoms with van der Waals surface area (Å²) in [6.45, 7) is 1.77. The molecule has 1 nitrogen and oxygen atoms in total. The predicted octanol–water partition coefficient (Wildman–Crippen LogP) is 4.82. The third-order valence-corrected chi connectivity index (χ3v) is 5.18. The lowest BCUT2D eigenvalue weighted by Gasteiger charge is -2.17. The average Bonchev–Trinajstić information content (AvgIpc) is 2.78. The van der Waals surface area contributed by atoms with Crippen LogP contribution in [0.3, 0.4) is 0 Å². The molecule has 2 rings (SSSR count). The van der Waals surface area contributed by atoms with Crippen molar-refractivity contribution < 1.29 is 22.0 Å². The van der Waals surface area contributed by atoms with Crippen molar-refractivity contribution in [3.05, 3.63) is 54.9 Å². The van der Waals surface area contributed by atoms with E-state index < -0.39 is 40.7 Å². The molecule has 0 aliphatic rings. The molecule has 1 aromatic heterocycles. The monoisotopic (exact) mass is 385 g/mol. The van der Waals surface area contributed by atoms with Gasteiger partial charge in [0.15, 0.2) is 23.3 Å². The van der Waals surface area contributed by atoms with Gasteiger partial charge in [-0.2, -0.15) is 0 Å². The van der Waals surface area contributed by atoms with E-state index in [9.17, 15) is 22.0 Å². The second kappa shape index (κ2) is 6.02. The van der Waals surface area contributed by atoms with Crippen molar-refractivity contribution in [1.29, 1.82) is 0 Å². The van der Waals surface area contributed by atoms with Crippen LogP contribution in [-0.2, 0) is 0 Å². The third kappa shape index (κ3) is 2.72. The third-order valence-electron chi connectivity index (χ3n) is 2.98. The van der Waals surface area contributed by atoms with Gasteiger partial charge in [-0.25, -0.2) is 22.0 Å². The number of aryl methyl sites for hydroxylation is 1. The second-order valence-corrected chi connectivity index (χ2v) is 6.40. The maximum Gasteiger partial charge on any atom is 0.200 e. The van der Waals surface area contributed by atoms with E-state index in [1.807, 2.05) is 0 Å². The van der Waals surface area contributed by atoms with Crippen LogP contribution in [-0.4, -0.2) is 7.05 Å². The van der Waals surface area contributed by atoms with Crippen LogP contribution in [0.1, 0.15) is 21.4 Å². The van der Waals surface area contributed by atoms with Gasteiger partial charge < -0.3 is 5.32 Å². The molecule has 114 valence electrons. The summed E-state index contributed by atoms with van der Waals surface area (Å²) in [7, 11) is 1.38. The lowest BCUT2D eigenvalue weighted by molar-refractivity contribution is 0.364. The summed E-state index contributed by atoms with van der Waals surface area (Å²) in [5.74, 6) is -9.71. The quantitative estimate of drug-likeness (QED) is 0.453. The Balaban J connectivity index is 2.68. The molecule has 0 amide bonds. The standard InChI is InChI=1S/C13H9BrF5NS/c1-4-5(14)3-6(21-4)13(20-2)7-8(15)10(17)12(19)11(18)9(7)16/h3,13,20H,1-2H3. The number of benzene rings is 1. The molecule has 0 aliphatic carbocycles. The van der Waals surface area contributed by atoms with E-state index in [1.54, 1.807) is 13.0 Å². The van der Waals surface area contributed by atoms with E-state index in [4.69, 9.17) is 0 Å². The molecule has 0 saturated carbocycles. The zero-order valence-electron chi connectivity index (χ0n) is 10.8. The molecule has 1 atom stereocenters. The minimum absolute atomic E-state index is 0.435. The van der Waals surface area contributed by atoms with Crippen LogP contribution in [0.25, 0.3) is 0 Å². The van der Waals surface area contributed by atoms with Gasteiger partial charge >= 0.3 is 0 Å². The lowest BCUT2D eigenvalue weighted by atomic mass is 10.0. The van der Waals surface area contributed by atoms with Gasteiger partial charge in [-0.15, -0.1) is 11.3 Å². The van der Waals surface area contributed by atoms with Crippen LogP contribution in [0.5, 0.6) is 0 Å². The zero-order chi connectivity index (χ0) is 15.9. The zero-order valence-corrected chi connectivity index (χ0v) is 13.2. The van der Waals surface area contributed by atoms with Crippen LogP contribution in [0.15, 0.2) is 10.5 Å². The van der Waals surface area contributed by atoms with Gasteiger partial charge in [-0.1, -0.05) is 0 Å². The van der Waals surface area contributed by atoms with E-state index >= 15 is 0 Å². The Morgan fingerprint density at radius 3 is 1.86 bits per heavy atom. The number of halogens is 6. The van der Waals surface area contributed by atoms with Crippen LogP contribution in [0.4, 0.5) is 22.0 Å². The fraction of sp³-hybridized carbons (Fsp3) is 0.231. The van der Waals surface area contributed by atoms with Crippen LogP contribution >= 0.6 is 27.3 Å². The van der Waals surface area contributed by atoms with E-state index in [0.717, 1.165) is 4.88 Å². The van der Waals surface area contributed by atoms with Crippen molar-refractivity contribution in [2.45, 2.75) is 13.0 Å². The lowest BCUT2D eigenvalue weighted by Crippen LogP contribution is -2.21. The first-order chi connectivity index (χ1) is 9.79. The molecule has 21 heavy (non-hydrogen) atoms. The smallest absolute Gasteiger partial charge is 0.200 e. The Bertz CT molecular complexity index is 652. The van der Waals surface area contributed by atoms with Gasteiger partial charge in [0, 0.05) is 14.2 Å². The molecular weight excluding hydrogens is 377 g/mol. The minimum atomic E-state index is -2.16. The Labute approximate surface area is 129 Å². The van der Waals surface area contributed by atoms with Gasteiger partial charge in [0.1, 0.15) is 0 Å². The fourth-order valence-corrected chi connectivity index (χ4v) is 3.61. The highest BCUT2D eigenvalue weighted by Crippen LogP contribution is 2.37. The molecule has 0 saturated heterocycles. The Morgan fingerprint density at radius 2 is 1.48 bits per heavy atom. The molecule has 0 radical (unpaired) electrons. The van der Waals surface area contributed by atoms with E-state index in [0.29, 0.717) is 9.35 Å². The Kier molecular flexibility index (Phi) is 4.69. The summed E-state index contributed by atoms with van der Waals surface area (Å²) in [6.07, 6.45) is 0. The van der Waals surface area contributed by atoms with E-state index in [1.165, 1.54) is 18.4 Å². The molecule has 1 N–H and O–H groups in total. The normalized spacial score (nSPS) is 12.8. The summed E-state index contributed by atoms with van der Waals surface area (Å²) in [5.41, 5.74) is -0.886. The summed E-state index contributed by atoms with van der Waals surface area (Å²) in [6, 6.07) is 0.448. The second-order valence-electron chi connectivity index (χ2n) is 4.26.